The van der Waals surface area contributed by atoms with Crippen LogP contribution in [0, 0.1) is 3.70 Å². The number of nitrogens with zero attached hydrogens (tertiary/aromatic N) is 5. The van der Waals surface area contributed by atoms with Crippen molar-refractivity contribution >= 4 is 66.9 Å². The molecule has 0 aliphatic carbocycles. The fourth-order valence-electron chi connectivity index (χ4n) is 4.39. The molecule has 2 amide bonds. The summed E-state index contributed by atoms with van der Waals surface area (Å²) in [5.74, 6) is -1.90. The summed E-state index contributed by atoms with van der Waals surface area (Å²) in [7, 11) is -0.0479. The lowest BCUT2D eigenvalue weighted by molar-refractivity contribution is -0.172. The second-order valence-electron chi connectivity index (χ2n) is 9.49. The molecule has 0 spiro atoms. The van der Waals surface area contributed by atoms with Crippen LogP contribution in [0.3, 0.4) is 0 Å². The van der Waals surface area contributed by atoms with E-state index < -0.39 is 27.8 Å². The van der Waals surface area contributed by atoms with E-state index in [0.717, 1.165) is 16.6 Å². The van der Waals surface area contributed by atoms with Gasteiger partial charge in [0.05, 0.1) is 23.5 Å². The lowest BCUT2D eigenvalue weighted by Gasteiger charge is -2.17. The van der Waals surface area contributed by atoms with Gasteiger partial charge in [0.25, 0.3) is 11.8 Å². The monoisotopic (exact) mass is 688 g/mol. The molecule has 1 fully saturated rings. The maximum Gasteiger partial charge on any atom is 0.363 e. The van der Waals surface area contributed by atoms with E-state index in [-0.39, 0.29) is 29.8 Å². The summed E-state index contributed by atoms with van der Waals surface area (Å²) in [6.07, 6.45) is 0.0393. The predicted molar refractivity (Wildman–Crippen MR) is 157 cm³/mol. The van der Waals surface area contributed by atoms with Crippen LogP contribution in [0.25, 0.3) is 10.8 Å². The summed E-state index contributed by atoms with van der Waals surface area (Å²) in [6.45, 7) is 0.260. The Morgan fingerprint density at radius 3 is 2.34 bits per heavy atom. The minimum atomic E-state index is -3.86. The summed E-state index contributed by atoms with van der Waals surface area (Å²) >= 11 is 2.06. The molecule has 1 aliphatic rings. The number of hydrogen-bond acceptors (Lipinski definition) is 9. The molecule has 5 rings (SSSR count). The van der Waals surface area contributed by atoms with E-state index in [2.05, 4.69) is 37.6 Å². The Bertz CT molecular complexity index is 1750. The van der Waals surface area contributed by atoms with Gasteiger partial charge in [0.1, 0.15) is 9.39 Å². The molecule has 1 N–H and O–H groups in total. The van der Waals surface area contributed by atoms with E-state index in [1.807, 2.05) is 37.2 Å². The molecule has 2 heterocycles. The topological polar surface area (TPSA) is 144 Å². The lowest BCUT2D eigenvalue weighted by Crippen LogP contribution is -2.32. The van der Waals surface area contributed by atoms with E-state index in [9.17, 15) is 22.8 Å². The standard InChI is InChI=1S/C27H25IN6O6S/c1-32(2)22-7-3-6-20-19(22)5-4-8-23(20)41(38,39)29-15-21-26(28)33(31-30-21)16-17-9-11-18(12-10-17)27(37)40-34-24(35)13-14-25(34)36/h3-12,29H,13-16H2,1-2H3. The number of aromatic nitrogens is 3. The second-order valence-corrected chi connectivity index (χ2v) is 12.2. The number of rotatable bonds is 9. The normalized spacial score (nSPS) is 13.7. The van der Waals surface area contributed by atoms with Gasteiger partial charge in [-0.05, 0) is 52.4 Å². The number of carbonyl (C=O) groups is 3. The highest BCUT2D eigenvalue weighted by atomic mass is 127. The van der Waals surface area contributed by atoms with Gasteiger partial charge in [0.2, 0.25) is 10.0 Å². The summed E-state index contributed by atoms with van der Waals surface area (Å²) in [5, 5.41) is 10.3. The zero-order valence-electron chi connectivity index (χ0n) is 22.1. The van der Waals surface area contributed by atoms with Crippen LogP contribution >= 0.6 is 22.6 Å². The van der Waals surface area contributed by atoms with Crippen LogP contribution < -0.4 is 9.62 Å². The van der Waals surface area contributed by atoms with Crippen LogP contribution in [0.15, 0.2) is 65.6 Å². The highest BCUT2D eigenvalue weighted by Crippen LogP contribution is 2.30. The summed E-state index contributed by atoms with van der Waals surface area (Å²) < 4.78 is 31.5. The Morgan fingerprint density at radius 2 is 1.66 bits per heavy atom. The van der Waals surface area contributed by atoms with Gasteiger partial charge in [-0.25, -0.2) is 22.6 Å². The van der Waals surface area contributed by atoms with Crippen LogP contribution in [0.1, 0.15) is 34.5 Å². The molecule has 41 heavy (non-hydrogen) atoms. The third-order valence-corrected chi connectivity index (χ3v) is 9.14. The fourth-order valence-corrected chi connectivity index (χ4v) is 6.16. The van der Waals surface area contributed by atoms with Crippen molar-refractivity contribution < 1.29 is 27.6 Å². The summed E-state index contributed by atoms with van der Waals surface area (Å²) in [6, 6.07) is 17.2. The first kappa shape index (κ1) is 28.6. The molecule has 4 aromatic rings. The van der Waals surface area contributed by atoms with Crippen molar-refractivity contribution in [1.82, 2.24) is 24.8 Å². The number of nitrogens with one attached hydrogen (secondary N) is 1. The zero-order chi connectivity index (χ0) is 29.3. The van der Waals surface area contributed by atoms with Crippen LogP contribution in [0.2, 0.25) is 0 Å². The van der Waals surface area contributed by atoms with Gasteiger partial charge < -0.3 is 9.74 Å². The number of benzene rings is 3. The first-order chi connectivity index (χ1) is 19.5. The molecule has 3 aromatic carbocycles. The first-order valence-electron chi connectivity index (χ1n) is 12.5. The molecule has 0 bridgehead atoms. The molecule has 0 saturated carbocycles. The quantitative estimate of drug-likeness (QED) is 0.208. The number of fused-ring (bicyclic) bond motifs is 1. The van der Waals surface area contributed by atoms with E-state index >= 15 is 0 Å². The number of hydroxylamine groups is 2. The maximum atomic E-state index is 13.3. The summed E-state index contributed by atoms with van der Waals surface area (Å²) in [5.41, 5.74) is 2.34. The molecular formula is C27H25IN6O6S. The molecule has 1 aromatic heterocycles. The number of sulfonamides is 1. The van der Waals surface area contributed by atoms with Crippen molar-refractivity contribution in [3.05, 3.63) is 81.2 Å². The lowest BCUT2D eigenvalue weighted by atomic mass is 10.1. The number of imide groups is 1. The van der Waals surface area contributed by atoms with Crippen LogP contribution in [0.4, 0.5) is 5.69 Å². The molecule has 12 nitrogen and oxygen atoms in total. The molecule has 212 valence electrons. The zero-order valence-corrected chi connectivity index (χ0v) is 25.0. The second kappa shape index (κ2) is 11.5. The minimum absolute atomic E-state index is 0.0197. The average Bonchev–Trinajstić information content (AvgIpc) is 3.47. The van der Waals surface area contributed by atoms with Crippen molar-refractivity contribution in [3.8, 4) is 0 Å². The van der Waals surface area contributed by atoms with Crippen LogP contribution in [-0.4, -0.2) is 60.4 Å². The Morgan fingerprint density at radius 1 is 1.00 bits per heavy atom. The molecule has 1 saturated heterocycles. The summed E-state index contributed by atoms with van der Waals surface area (Å²) in [4.78, 5) is 42.7. The molecule has 0 radical (unpaired) electrons. The van der Waals surface area contributed by atoms with E-state index in [0.29, 0.717) is 26.4 Å². The fraction of sp³-hybridized carbons (Fsp3) is 0.222. The van der Waals surface area contributed by atoms with Gasteiger partial charge >= 0.3 is 5.97 Å². The predicted octanol–water partition coefficient (Wildman–Crippen LogP) is 2.85. The van der Waals surface area contributed by atoms with Gasteiger partial charge in [-0.3, -0.25) is 9.59 Å². The highest BCUT2D eigenvalue weighted by Gasteiger charge is 2.33. The highest BCUT2D eigenvalue weighted by molar-refractivity contribution is 14.1. The minimum Gasteiger partial charge on any atom is -0.377 e. The van der Waals surface area contributed by atoms with Crippen LogP contribution in [0.5, 0.6) is 0 Å². The average molecular weight is 689 g/mol. The van der Waals surface area contributed by atoms with Gasteiger partial charge in [0.15, 0.2) is 0 Å². The number of amides is 2. The number of halogens is 1. The van der Waals surface area contributed by atoms with Crippen molar-refractivity contribution in [2.75, 3.05) is 19.0 Å². The molecular weight excluding hydrogens is 663 g/mol. The number of anilines is 1. The first-order valence-corrected chi connectivity index (χ1v) is 15.0. The van der Waals surface area contributed by atoms with Crippen molar-refractivity contribution in [3.63, 3.8) is 0 Å². The third kappa shape index (κ3) is 5.94. The largest absolute Gasteiger partial charge is 0.377 e. The maximum absolute atomic E-state index is 13.3. The Kier molecular flexibility index (Phi) is 8.06. The Balaban J connectivity index is 1.25. The van der Waals surface area contributed by atoms with E-state index in [4.69, 9.17) is 4.84 Å². The van der Waals surface area contributed by atoms with Gasteiger partial charge in [0, 0.05) is 43.4 Å². The third-order valence-electron chi connectivity index (χ3n) is 6.50. The Hall–Kier alpha value is -3.89. The Labute approximate surface area is 249 Å². The molecule has 0 unspecified atom stereocenters. The van der Waals surface area contributed by atoms with Crippen molar-refractivity contribution in [2.45, 2.75) is 30.8 Å². The smallest absolute Gasteiger partial charge is 0.363 e. The van der Waals surface area contributed by atoms with Gasteiger partial charge in [-0.1, -0.05) is 41.6 Å². The van der Waals surface area contributed by atoms with E-state index in [1.165, 1.54) is 12.1 Å². The van der Waals surface area contributed by atoms with Gasteiger partial charge in [-0.2, -0.15) is 0 Å². The van der Waals surface area contributed by atoms with Crippen molar-refractivity contribution in [1.29, 1.82) is 0 Å². The number of carbonyl (C=O) groups excluding carboxylic acids is 3. The van der Waals surface area contributed by atoms with E-state index in [1.54, 1.807) is 35.0 Å². The van der Waals surface area contributed by atoms with Crippen LogP contribution in [-0.2, 0) is 37.5 Å². The number of hydrogen-bond donors (Lipinski definition) is 1. The van der Waals surface area contributed by atoms with Crippen molar-refractivity contribution in [2.24, 2.45) is 0 Å². The SMILES string of the molecule is CN(C)c1cccc2c(S(=O)(=O)NCc3nnn(Cc4ccc(C(=O)ON5C(=O)CCC5=O)cc4)c3I)cccc12. The molecule has 0 atom stereocenters. The van der Waals surface area contributed by atoms with Gasteiger partial charge in [-0.15, -0.1) is 10.2 Å². The molecule has 1 aliphatic heterocycles. The molecule has 14 heteroatoms.